The molecule has 0 unspecified atom stereocenters. The lowest BCUT2D eigenvalue weighted by Gasteiger charge is -2.04. The van der Waals surface area contributed by atoms with E-state index in [0.717, 1.165) is 13.0 Å². The number of halogens is 1. The van der Waals surface area contributed by atoms with Crippen LogP contribution in [0.3, 0.4) is 0 Å². The molecule has 0 aromatic heterocycles. The molecule has 0 radical (unpaired) electrons. The van der Waals surface area contributed by atoms with Gasteiger partial charge in [0.2, 0.25) is 0 Å². The first kappa shape index (κ1) is 11.6. The minimum Gasteiger partial charge on any atom is -0.332 e. The van der Waals surface area contributed by atoms with Crippen molar-refractivity contribution in [2.75, 3.05) is 13.6 Å². The third kappa shape index (κ3) is 7.67. The van der Waals surface area contributed by atoms with Crippen molar-refractivity contribution in [1.82, 2.24) is 4.90 Å². The van der Waals surface area contributed by atoms with Crippen molar-refractivity contribution < 1.29 is 0 Å². The summed E-state index contributed by atoms with van der Waals surface area (Å²) in [7, 11) is 1.95. The molecule has 0 fully saturated rings. The minimum absolute atomic E-state index is 0.819. The minimum atomic E-state index is 0.819. The van der Waals surface area contributed by atoms with E-state index in [4.69, 9.17) is 0 Å². The predicted octanol–water partition coefficient (Wildman–Crippen LogP) is 2.79. The van der Waals surface area contributed by atoms with Crippen molar-refractivity contribution in [3.63, 3.8) is 0 Å². The van der Waals surface area contributed by atoms with Crippen LogP contribution >= 0.6 is 22.6 Å². The van der Waals surface area contributed by atoms with E-state index in [9.17, 15) is 0 Å². The number of nitrogens with zero attached hydrogens (tertiary/aromatic N) is 1. The fourth-order valence-electron chi connectivity index (χ4n) is 0.612. The fourth-order valence-corrected chi connectivity index (χ4v) is 0.832. The molecule has 0 bridgehead atoms. The molecular weight excluding hydrogens is 261 g/mol. The second-order valence-corrected chi connectivity index (χ2v) is 4.15. The average Bonchev–Trinajstić information content (AvgIpc) is 1.98. The van der Waals surface area contributed by atoms with Crippen LogP contribution < -0.4 is 0 Å². The van der Waals surface area contributed by atoms with Crippen LogP contribution in [-0.2, 0) is 0 Å². The van der Waals surface area contributed by atoms with Crippen molar-refractivity contribution in [1.29, 1.82) is 0 Å². The molecule has 0 saturated carbocycles. The van der Waals surface area contributed by atoms with Gasteiger partial charge in [-0.3, -0.25) is 0 Å². The van der Waals surface area contributed by atoms with Crippen LogP contribution in [0.1, 0.15) is 13.3 Å². The molecule has 1 nitrogen and oxygen atoms in total. The first-order valence-electron chi connectivity index (χ1n) is 3.79. The Morgan fingerprint density at radius 1 is 1.67 bits per heavy atom. The zero-order valence-corrected chi connectivity index (χ0v) is 9.76. The Balaban J connectivity index is 3.72. The van der Waals surface area contributed by atoms with Gasteiger partial charge in [-0.1, -0.05) is 18.1 Å². The fraction of sp³-hybridized carbons (Fsp3) is 0.400. The normalized spacial score (nSPS) is 10.1. The molecule has 0 heterocycles. The number of hydrogen-bond donors (Lipinski definition) is 0. The zero-order chi connectivity index (χ0) is 9.40. The van der Waals surface area contributed by atoms with Crippen molar-refractivity contribution in [3.8, 4) is 12.0 Å². The summed E-state index contributed by atoms with van der Waals surface area (Å²) < 4.78 is 1.29. The number of allylic oxidation sites excluding steroid dienone is 2. The molecule has 0 atom stereocenters. The lowest BCUT2D eigenvalue weighted by Crippen LogP contribution is -2.09. The first-order chi connectivity index (χ1) is 5.66. The van der Waals surface area contributed by atoms with Crippen LogP contribution in [0.5, 0.6) is 0 Å². The third-order valence-corrected chi connectivity index (χ3v) is 1.60. The summed E-state index contributed by atoms with van der Waals surface area (Å²) in [5.41, 5.74) is 0. The van der Waals surface area contributed by atoms with Crippen molar-refractivity contribution in [2.24, 2.45) is 0 Å². The largest absolute Gasteiger partial charge is 0.332 e. The quantitative estimate of drug-likeness (QED) is 0.331. The van der Waals surface area contributed by atoms with Gasteiger partial charge in [-0.25, -0.2) is 0 Å². The molecule has 12 heavy (non-hydrogen) atoms. The van der Waals surface area contributed by atoms with Crippen LogP contribution in [0.4, 0.5) is 0 Å². The van der Waals surface area contributed by atoms with Crippen LogP contribution in [0.2, 0.25) is 0 Å². The Kier molecular flexibility index (Phi) is 6.97. The van der Waals surface area contributed by atoms with Gasteiger partial charge in [0.1, 0.15) is 0 Å². The Labute approximate surface area is 88.7 Å². The number of rotatable bonds is 3. The van der Waals surface area contributed by atoms with Gasteiger partial charge in [0, 0.05) is 26.1 Å². The molecule has 0 saturated heterocycles. The maximum atomic E-state index is 3.63. The van der Waals surface area contributed by atoms with E-state index in [1.165, 1.54) is 3.58 Å². The second-order valence-electron chi connectivity index (χ2n) is 2.45. The summed E-state index contributed by atoms with van der Waals surface area (Å²) in [4.78, 5) is 1.92. The molecule has 0 amide bonds. The first-order valence-corrected chi connectivity index (χ1v) is 4.87. The summed E-state index contributed by atoms with van der Waals surface area (Å²) in [5, 5.41) is 0. The smallest absolute Gasteiger partial charge is 0.0435 e. The Hall–Kier alpha value is -0.430. The molecular formula is C10H14IN. The van der Waals surface area contributed by atoms with E-state index in [1.807, 2.05) is 18.0 Å². The van der Waals surface area contributed by atoms with Crippen LogP contribution in [0, 0.1) is 12.0 Å². The van der Waals surface area contributed by atoms with Crippen molar-refractivity contribution in [3.05, 3.63) is 22.3 Å². The highest BCUT2D eigenvalue weighted by Gasteiger charge is 1.82. The van der Waals surface area contributed by atoms with Crippen molar-refractivity contribution in [2.45, 2.75) is 13.3 Å². The average molecular weight is 275 g/mol. The van der Waals surface area contributed by atoms with Crippen LogP contribution in [-0.4, -0.2) is 18.5 Å². The monoisotopic (exact) mass is 275 g/mol. The summed E-state index contributed by atoms with van der Waals surface area (Å²) in [5.74, 6) is 3.05. The summed E-state index contributed by atoms with van der Waals surface area (Å²) >= 11 is 2.28. The highest BCUT2D eigenvalue weighted by atomic mass is 127. The lowest BCUT2D eigenvalue weighted by atomic mass is 10.4. The molecule has 0 aromatic rings. The summed E-state index contributed by atoms with van der Waals surface area (Å²) in [6.45, 7) is 6.52. The van der Waals surface area contributed by atoms with Gasteiger partial charge < -0.3 is 4.90 Å². The molecule has 0 aliphatic carbocycles. The maximum Gasteiger partial charge on any atom is 0.0435 e. The molecule has 0 aromatic carbocycles. The zero-order valence-electron chi connectivity index (χ0n) is 7.60. The second kappa shape index (κ2) is 7.23. The van der Waals surface area contributed by atoms with E-state index in [1.54, 1.807) is 0 Å². The molecule has 2 heteroatoms. The number of likely N-dealkylation sites (N-methyl/N-ethyl adjacent to an activating group) is 1. The van der Waals surface area contributed by atoms with E-state index in [-0.39, 0.29) is 0 Å². The van der Waals surface area contributed by atoms with Gasteiger partial charge in [0.15, 0.2) is 0 Å². The van der Waals surface area contributed by atoms with Gasteiger partial charge in [0.25, 0.3) is 0 Å². The van der Waals surface area contributed by atoms with E-state index >= 15 is 0 Å². The molecule has 0 rings (SSSR count). The predicted molar refractivity (Wildman–Crippen MR) is 63.0 cm³/mol. The Morgan fingerprint density at radius 2 is 2.33 bits per heavy atom. The molecule has 0 N–H and O–H groups in total. The van der Waals surface area contributed by atoms with Crippen LogP contribution in [0.15, 0.2) is 22.3 Å². The molecule has 0 spiro atoms. The summed E-state index contributed by atoms with van der Waals surface area (Å²) in [6, 6.07) is 3.00. The molecule has 66 valence electrons. The van der Waals surface area contributed by atoms with Crippen LogP contribution in [0.25, 0.3) is 0 Å². The third-order valence-electron chi connectivity index (χ3n) is 1.16. The molecule has 0 aliphatic heterocycles. The topological polar surface area (TPSA) is 3.24 Å². The standard InChI is InChI=1S/C10H14IN/c1-4-8-12(3)9-6-5-7-10(2)11/h4,7H,1,5,8H2,2-3H3/b10-7-. The van der Waals surface area contributed by atoms with Gasteiger partial charge in [-0.15, -0.1) is 6.58 Å². The molecule has 0 aliphatic rings. The van der Waals surface area contributed by atoms with Gasteiger partial charge in [-0.05, 0) is 33.1 Å². The Morgan fingerprint density at radius 3 is 2.83 bits per heavy atom. The Bertz CT molecular complexity index is 216. The van der Waals surface area contributed by atoms with E-state index < -0.39 is 0 Å². The number of hydrogen-bond acceptors (Lipinski definition) is 1. The maximum absolute atomic E-state index is 3.63. The SMILES string of the molecule is C=CCN(C)C#CC/C=C(/C)I. The highest BCUT2D eigenvalue weighted by molar-refractivity contribution is 14.1. The highest BCUT2D eigenvalue weighted by Crippen LogP contribution is 2.03. The van der Waals surface area contributed by atoms with Gasteiger partial charge in [-0.2, -0.15) is 0 Å². The van der Waals surface area contributed by atoms with Crippen molar-refractivity contribution >= 4 is 22.6 Å². The van der Waals surface area contributed by atoms with Gasteiger partial charge in [0.05, 0.1) is 0 Å². The van der Waals surface area contributed by atoms with E-state index in [0.29, 0.717) is 0 Å². The van der Waals surface area contributed by atoms with Gasteiger partial charge >= 0.3 is 0 Å². The van der Waals surface area contributed by atoms with E-state index in [2.05, 4.69) is 54.1 Å². The lowest BCUT2D eigenvalue weighted by molar-refractivity contribution is 0.540. The summed E-state index contributed by atoms with van der Waals surface area (Å²) in [6.07, 6.45) is 4.78.